The number of nitro groups is 1. The maximum Gasteiger partial charge on any atom is 0.269 e. The smallest absolute Gasteiger partial charge is 0.258 e. The van der Waals surface area contributed by atoms with Gasteiger partial charge in [-0.2, -0.15) is 5.26 Å². The van der Waals surface area contributed by atoms with E-state index in [9.17, 15) is 10.1 Å². The van der Waals surface area contributed by atoms with Gasteiger partial charge in [-0.25, -0.2) is 0 Å². The van der Waals surface area contributed by atoms with Gasteiger partial charge in [-0.15, -0.1) is 0 Å². The second kappa shape index (κ2) is 6.12. The van der Waals surface area contributed by atoms with E-state index < -0.39 is 4.92 Å². The van der Waals surface area contributed by atoms with E-state index >= 15 is 0 Å². The molecule has 0 atom stereocenters. The molecule has 0 saturated heterocycles. The zero-order valence-corrected chi connectivity index (χ0v) is 12.1. The van der Waals surface area contributed by atoms with Crippen molar-refractivity contribution >= 4 is 28.6 Å². The first-order chi connectivity index (χ1) is 11.2. The molecule has 4 heteroatoms. The maximum atomic E-state index is 10.6. The molecule has 0 heterocycles. The summed E-state index contributed by atoms with van der Waals surface area (Å²) < 4.78 is 0. The van der Waals surface area contributed by atoms with Crippen LogP contribution in [-0.4, -0.2) is 4.92 Å². The van der Waals surface area contributed by atoms with Crippen molar-refractivity contribution in [2.75, 3.05) is 0 Å². The van der Waals surface area contributed by atoms with Gasteiger partial charge in [0.25, 0.3) is 5.69 Å². The van der Waals surface area contributed by atoms with Crippen LogP contribution in [0.5, 0.6) is 0 Å². The second-order valence-electron chi connectivity index (χ2n) is 5.12. The largest absolute Gasteiger partial charge is 0.269 e. The second-order valence-corrected chi connectivity index (χ2v) is 5.12. The SMILES string of the molecule is N#Cc1ccc2cc(C=Cc3ccc([N+](=O)[O-])cc3)ccc2c1. The number of hydrogen-bond donors (Lipinski definition) is 0. The summed E-state index contributed by atoms with van der Waals surface area (Å²) in [7, 11) is 0. The van der Waals surface area contributed by atoms with Crippen LogP contribution in [0.25, 0.3) is 22.9 Å². The predicted molar refractivity (Wildman–Crippen MR) is 90.7 cm³/mol. The number of hydrogen-bond acceptors (Lipinski definition) is 3. The Morgan fingerprint density at radius 3 is 2.17 bits per heavy atom. The summed E-state index contributed by atoms with van der Waals surface area (Å²) in [5, 5.41) is 21.6. The molecule has 0 saturated carbocycles. The summed E-state index contributed by atoms with van der Waals surface area (Å²) in [6.07, 6.45) is 3.87. The lowest BCUT2D eigenvalue weighted by atomic mass is 10.0. The number of nitrogens with zero attached hydrogens (tertiary/aromatic N) is 2. The third-order valence-electron chi connectivity index (χ3n) is 3.57. The van der Waals surface area contributed by atoms with Gasteiger partial charge in [-0.1, -0.05) is 30.4 Å². The Bertz CT molecular complexity index is 951. The Morgan fingerprint density at radius 2 is 1.48 bits per heavy atom. The lowest BCUT2D eigenvalue weighted by Gasteiger charge is -2.00. The van der Waals surface area contributed by atoms with Crippen LogP contribution >= 0.6 is 0 Å². The van der Waals surface area contributed by atoms with Gasteiger partial charge in [0.15, 0.2) is 0 Å². The molecule has 4 nitrogen and oxygen atoms in total. The average molecular weight is 300 g/mol. The highest BCUT2D eigenvalue weighted by molar-refractivity contribution is 5.87. The Balaban J connectivity index is 1.86. The van der Waals surface area contributed by atoms with Crippen molar-refractivity contribution in [3.05, 3.63) is 87.5 Å². The van der Waals surface area contributed by atoms with Crippen molar-refractivity contribution in [2.45, 2.75) is 0 Å². The fourth-order valence-electron chi connectivity index (χ4n) is 2.34. The van der Waals surface area contributed by atoms with Crippen LogP contribution in [0.2, 0.25) is 0 Å². The van der Waals surface area contributed by atoms with Crippen molar-refractivity contribution < 1.29 is 4.92 Å². The van der Waals surface area contributed by atoms with Gasteiger partial charge in [0, 0.05) is 12.1 Å². The molecule has 0 aliphatic heterocycles. The highest BCUT2D eigenvalue weighted by Gasteiger charge is 2.02. The molecule has 0 aliphatic rings. The summed E-state index contributed by atoms with van der Waals surface area (Å²) in [5.74, 6) is 0. The third kappa shape index (κ3) is 3.25. The molecule has 0 N–H and O–H groups in total. The Kier molecular flexibility index (Phi) is 3.86. The van der Waals surface area contributed by atoms with Crippen LogP contribution in [0.1, 0.15) is 16.7 Å². The van der Waals surface area contributed by atoms with Crippen LogP contribution in [-0.2, 0) is 0 Å². The zero-order valence-electron chi connectivity index (χ0n) is 12.1. The van der Waals surface area contributed by atoms with Crippen molar-refractivity contribution in [2.24, 2.45) is 0 Å². The Labute approximate surface area is 133 Å². The van der Waals surface area contributed by atoms with E-state index in [0.29, 0.717) is 5.56 Å². The van der Waals surface area contributed by atoms with Crippen molar-refractivity contribution in [3.63, 3.8) is 0 Å². The van der Waals surface area contributed by atoms with Gasteiger partial charge in [-0.05, 0) is 52.2 Å². The highest BCUT2D eigenvalue weighted by atomic mass is 16.6. The molecule has 3 aromatic rings. The predicted octanol–water partition coefficient (Wildman–Crippen LogP) is 4.79. The molecule has 110 valence electrons. The molecule has 0 radical (unpaired) electrons. The molecule has 0 spiro atoms. The fraction of sp³-hybridized carbons (Fsp3) is 0. The first-order valence-electron chi connectivity index (χ1n) is 7.02. The van der Waals surface area contributed by atoms with Gasteiger partial charge in [-0.3, -0.25) is 10.1 Å². The molecule has 23 heavy (non-hydrogen) atoms. The van der Waals surface area contributed by atoms with E-state index in [0.717, 1.165) is 21.9 Å². The minimum Gasteiger partial charge on any atom is -0.258 e. The zero-order chi connectivity index (χ0) is 16.2. The lowest BCUT2D eigenvalue weighted by molar-refractivity contribution is -0.384. The molecular weight excluding hydrogens is 288 g/mol. The molecule has 0 fully saturated rings. The first-order valence-corrected chi connectivity index (χ1v) is 7.02. The van der Waals surface area contributed by atoms with E-state index in [-0.39, 0.29) is 5.69 Å². The topological polar surface area (TPSA) is 66.9 Å². The summed E-state index contributed by atoms with van der Waals surface area (Å²) in [6.45, 7) is 0. The van der Waals surface area contributed by atoms with Gasteiger partial charge in [0.1, 0.15) is 0 Å². The highest BCUT2D eigenvalue weighted by Crippen LogP contribution is 2.20. The lowest BCUT2D eigenvalue weighted by Crippen LogP contribution is -1.86. The molecule has 0 amide bonds. The van der Waals surface area contributed by atoms with E-state index in [2.05, 4.69) is 6.07 Å². The standard InChI is InChI=1S/C19H12N2O2/c20-13-16-4-8-17-11-15(3-7-18(17)12-16)2-1-14-5-9-19(10-6-14)21(22)23/h1-12H. The van der Waals surface area contributed by atoms with Crippen LogP contribution in [0, 0.1) is 21.4 Å². The van der Waals surface area contributed by atoms with E-state index in [4.69, 9.17) is 5.26 Å². The maximum absolute atomic E-state index is 10.6. The van der Waals surface area contributed by atoms with E-state index in [1.165, 1.54) is 12.1 Å². The quantitative estimate of drug-likeness (QED) is 0.397. The van der Waals surface area contributed by atoms with Crippen molar-refractivity contribution in [1.82, 2.24) is 0 Å². The summed E-state index contributed by atoms with van der Waals surface area (Å²) in [4.78, 5) is 10.2. The number of fused-ring (bicyclic) bond motifs is 1. The number of nitro benzene ring substituents is 1. The van der Waals surface area contributed by atoms with Gasteiger partial charge in [0.2, 0.25) is 0 Å². The minimum absolute atomic E-state index is 0.0844. The minimum atomic E-state index is -0.410. The van der Waals surface area contributed by atoms with Crippen LogP contribution in [0.3, 0.4) is 0 Å². The summed E-state index contributed by atoms with van der Waals surface area (Å²) >= 11 is 0. The average Bonchev–Trinajstić information content (AvgIpc) is 2.59. The number of rotatable bonds is 3. The molecule has 0 unspecified atom stereocenters. The molecule has 0 aliphatic carbocycles. The molecular formula is C19H12N2O2. The van der Waals surface area contributed by atoms with E-state index in [1.807, 2.05) is 42.5 Å². The molecule has 3 rings (SSSR count). The number of nitriles is 1. The van der Waals surface area contributed by atoms with Gasteiger partial charge >= 0.3 is 0 Å². The van der Waals surface area contributed by atoms with Gasteiger partial charge < -0.3 is 0 Å². The molecule has 3 aromatic carbocycles. The van der Waals surface area contributed by atoms with Crippen molar-refractivity contribution in [1.29, 1.82) is 5.26 Å². The Morgan fingerprint density at radius 1 is 0.870 bits per heavy atom. The van der Waals surface area contributed by atoms with Crippen LogP contribution < -0.4 is 0 Å². The van der Waals surface area contributed by atoms with Gasteiger partial charge in [0.05, 0.1) is 16.6 Å². The van der Waals surface area contributed by atoms with Crippen LogP contribution in [0.4, 0.5) is 5.69 Å². The first kappa shape index (κ1) is 14.5. The van der Waals surface area contributed by atoms with E-state index in [1.54, 1.807) is 18.2 Å². The molecule has 0 bridgehead atoms. The number of non-ortho nitro benzene ring substituents is 1. The summed E-state index contributed by atoms with van der Waals surface area (Å²) in [6, 6.07) is 20.1. The normalized spacial score (nSPS) is 10.7. The fourth-order valence-corrected chi connectivity index (χ4v) is 2.34. The Hall–Kier alpha value is -3.45. The monoisotopic (exact) mass is 300 g/mol. The third-order valence-corrected chi connectivity index (χ3v) is 3.57. The molecule has 0 aromatic heterocycles. The number of benzene rings is 3. The van der Waals surface area contributed by atoms with Crippen LogP contribution in [0.15, 0.2) is 60.7 Å². The van der Waals surface area contributed by atoms with Crippen molar-refractivity contribution in [3.8, 4) is 6.07 Å². The summed E-state index contributed by atoms with van der Waals surface area (Å²) in [5.41, 5.74) is 2.66.